The van der Waals surface area contributed by atoms with Crippen molar-refractivity contribution in [2.24, 2.45) is 5.92 Å². The number of benzene rings is 1. The van der Waals surface area contributed by atoms with Crippen LogP contribution in [-0.2, 0) is 62.4 Å². The van der Waals surface area contributed by atoms with E-state index in [-0.39, 0.29) is 0 Å². The van der Waals surface area contributed by atoms with Crippen molar-refractivity contribution in [1.29, 1.82) is 0 Å². The first-order valence-electron chi connectivity index (χ1n) is 11.5. The van der Waals surface area contributed by atoms with Crippen molar-refractivity contribution in [3.05, 3.63) is 34.4 Å². The molecular formula is C19H25B3O11S2. The summed E-state index contributed by atoms with van der Waals surface area (Å²) in [7, 11) is -2.74. The van der Waals surface area contributed by atoms with Gasteiger partial charge in [-0.2, -0.15) is 16.8 Å². The molecule has 3 aliphatic rings. The van der Waals surface area contributed by atoms with Gasteiger partial charge < -0.3 is 14.2 Å². The second-order valence-electron chi connectivity index (χ2n) is 8.77. The molecule has 188 valence electrons. The molecule has 2 bridgehead atoms. The lowest BCUT2D eigenvalue weighted by atomic mass is 9.81. The zero-order valence-electron chi connectivity index (χ0n) is 19.5. The summed E-state index contributed by atoms with van der Waals surface area (Å²) < 4.78 is 77.4. The van der Waals surface area contributed by atoms with Crippen LogP contribution in [0.15, 0.2) is 12.1 Å². The lowest BCUT2D eigenvalue weighted by Crippen LogP contribution is -2.50. The molecule has 0 amide bonds. The highest BCUT2D eigenvalue weighted by molar-refractivity contribution is 7.87. The molecule has 1 aromatic rings. The van der Waals surface area contributed by atoms with E-state index in [4.69, 9.17) is 22.9 Å². The van der Waals surface area contributed by atoms with Crippen molar-refractivity contribution in [3.63, 3.8) is 0 Å². The average Bonchev–Trinajstić information content (AvgIpc) is 3.39. The Morgan fingerprint density at radius 1 is 1.06 bits per heavy atom. The van der Waals surface area contributed by atoms with Crippen molar-refractivity contribution in [1.82, 2.24) is 0 Å². The fourth-order valence-corrected chi connectivity index (χ4v) is 7.30. The summed E-state index contributed by atoms with van der Waals surface area (Å²) in [6, 6.07) is 3.80. The first-order chi connectivity index (χ1) is 16.4. The first kappa shape index (κ1) is 26.2. The minimum absolute atomic E-state index is 0.371. The van der Waals surface area contributed by atoms with Crippen LogP contribution in [0.2, 0.25) is 0 Å². The largest absolute Gasteiger partial charge is 0.464 e. The van der Waals surface area contributed by atoms with E-state index in [1.54, 1.807) is 6.07 Å². The predicted molar refractivity (Wildman–Crippen MR) is 129 cm³/mol. The lowest BCUT2D eigenvalue weighted by molar-refractivity contribution is -0.151. The van der Waals surface area contributed by atoms with Gasteiger partial charge >= 0.3 is 11.9 Å². The van der Waals surface area contributed by atoms with Crippen molar-refractivity contribution in [2.75, 3.05) is 12.4 Å². The molecule has 1 N–H and O–H groups in total. The third-order valence-electron chi connectivity index (χ3n) is 6.76. The number of hydrogen-bond acceptors (Lipinski definition) is 10. The van der Waals surface area contributed by atoms with Crippen molar-refractivity contribution in [3.8, 4) is 0 Å². The molecule has 0 aliphatic carbocycles. The number of fused-ring (bicyclic) bond motifs is 1. The standard InChI is InChI=1S/C19H25B3O11S2/c20-5-8-3-9(6-21)11(7-22)10(4-8)18(23)32-14-13-12(19(24)30-1-2-34(25,26)27)17-16(31-13)15(14)33-35(17,28)29/h3-4,12-17H,1-2,5-7,20-22H2,(H,25,26,27). The first-order valence-corrected chi connectivity index (χ1v) is 14.5. The predicted octanol–water partition coefficient (Wildman–Crippen LogP) is -3.46. The van der Waals surface area contributed by atoms with Gasteiger partial charge in [0, 0.05) is 0 Å². The van der Waals surface area contributed by atoms with E-state index < -0.39 is 80.1 Å². The Kier molecular flexibility index (Phi) is 7.14. The Morgan fingerprint density at radius 2 is 1.77 bits per heavy atom. The quantitative estimate of drug-likeness (QED) is 0.148. The van der Waals surface area contributed by atoms with Gasteiger partial charge in [0.25, 0.3) is 20.2 Å². The Hall–Kier alpha value is -1.87. The SMILES string of the molecule is BCc1cc(CB)c(CB)c(C(=O)OC2C3OS(=O)(=O)C4C3OC2C4C(=O)OCCS(=O)(=O)O)c1. The van der Waals surface area contributed by atoms with E-state index in [1.165, 1.54) is 0 Å². The van der Waals surface area contributed by atoms with Gasteiger partial charge in [-0.25, -0.2) is 4.79 Å². The van der Waals surface area contributed by atoms with Crippen molar-refractivity contribution >= 4 is 55.7 Å². The number of carbonyl (C=O) groups is 2. The minimum atomic E-state index is -4.38. The summed E-state index contributed by atoms with van der Waals surface area (Å²) in [5.41, 5.74) is 3.17. The molecule has 35 heavy (non-hydrogen) atoms. The molecule has 6 unspecified atom stereocenters. The normalized spacial score (nSPS) is 30.3. The summed E-state index contributed by atoms with van der Waals surface area (Å²) in [5.74, 6) is -3.92. The van der Waals surface area contributed by atoms with Gasteiger partial charge in [-0.1, -0.05) is 36.2 Å². The maximum absolute atomic E-state index is 13.3. The van der Waals surface area contributed by atoms with Gasteiger partial charge in [0.05, 0.1) is 5.56 Å². The van der Waals surface area contributed by atoms with Crippen LogP contribution in [0, 0.1) is 5.92 Å². The molecule has 3 saturated heterocycles. The van der Waals surface area contributed by atoms with Gasteiger partial charge in [0.15, 0.2) is 6.10 Å². The minimum Gasteiger partial charge on any atom is -0.464 e. The summed E-state index contributed by atoms with van der Waals surface area (Å²) in [6.45, 7) is -0.670. The molecule has 0 spiro atoms. The summed E-state index contributed by atoms with van der Waals surface area (Å²) in [6.07, 6.45) is -2.43. The average molecular weight is 526 g/mol. The van der Waals surface area contributed by atoms with E-state index in [9.17, 15) is 26.4 Å². The third-order valence-corrected chi connectivity index (χ3v) is 9.16. The molecule has 3 aliphatic heterocycles. The zero-order valence-corrected chi connectivity index (χ0v) is 21.1. The van der Waals surface area contributed by atoms with Gasteiger partial charge in [-0.15, -0.1) is 0 Å². The van der Waals surface area contributed by atoms with Gasteiger partial charge in [-0.3, -0.25) is 13.5 Å². The van der Waals surface area contributed by atoms with Crippen LogP contribution in [0.4, 0.5) is 0 Å². The van der Waals surface area contributed by atoms with Crippen molar-refractivity contribution < 1.29 is 49.4 Å². The van der Waals surface area contributed by atoms with Gasteiger partial charge in [0.2, 0.25) is 0 Å². The van der Waals surface area contributed by atoms with Crippen LogP contribution in [-0.4, -0.2) is 98.9 Å². The molecular weight excluding hydrogens is 501 g/mol. The fourth-order valence-electron chi connectivity index (χ4n) is 5.18. The molecule has 4 rings (SSSR count). The van der Waals surface area contributed by atoms with Gasteiger partial charge in [-0.05, 0) is 11.6 Å². The Labute approximate surface area is 206 Å². The lowest BCUT2D eigenvalue weighted by Gasteiger charge is -2.27. The molecule has 3 heterocycles. The number of ether oxygens (including phenoxy) is 3. The molecule has 0 radical (unpaired) electrons. The smallest absolute Gasteiger partial charge is 0.338 e. The number of hydrogen-bond donors (Lipinski definition) is 1. The Balaban J connectivity index is 1.60. The van der Waals surface area contributed by atoms with Crippen LogP contribution in [0.3, 0.4) is 0 Å². The highest BCUT2D eigenvalue weighted by atomic mass is 32.2. The molecule has 3 fully saturated rings. The van der Waals surface area contributed by atoms with E-state index in [1.807, 2.05) is 29.6 Å². The maximum Gasteiger partial charge on any atom is 0.338 e. The second kappa shape index (κ2) is 9.54. The second-order valence-corrected chi connectivity index (χ2v) is 12.1. The van der Waals surface area contributed by atoms with Crippen LogP contribution >= 0.6 is 0 Å². The number of carbonyl (C=O) groups excluding carboxylic acids is 2. The van der Waals surface area contributed by atoms with Crippen molar-refractivity contribution in [2.45, 2.75) is 48.6 Å². The van der Waals surface area contributed by atoms with Crippen LogP contribution < -0.4 is 0 Å². The zero-order chi connectivity index (χ0) is 25.7. The summed E-state index contributed by atoms with van der Waals surface area (Å²) >= 11 is 0. The fraction of sp³-hybridized carbons (Fsp3) is 0.579. The van der Waals surface area contributed by atoms with Crippen LogP contribution in [0.5, 0.6) is 0 Å². The summed E-state index contributed by atoms with van der Waals surface area (Å²) in [5, 5.41) is -1.35. The van der Waals surface area contributed by atoms with Gasteiger partial charge in [0.1, 0.15) is 65.4 Å². The highest BCUT2D eigenvalue weighted by Gasteiger charge is 2.74. The summed E-state index contributed by atoms with van der Waals surface area (Å²) in [4.78, 5) is 26.0. The monoisotopic (exact) mass is 526 g/mol. The molecule has 0 aromatic heterocycles. The van der Waals surface area contributed by atoms with E-state index in [0.29, 0.717) is 18.2 Å². The molecule has 1 aromatic carbocycles. The van der Waals surface area contributed by atoms with Crippen LogP contribution in [0.1, 0.15) is 27.0 Å². The maximum atomic E-state index is 13.3. The number of rotatable bonds is 9. The highest BCUT2D eigenvalue weighted by Crippen LogP contribution is 2.51. The Morgan fingerprint density at radius 3 is 2.37 bits per heavy atom. The molecule has 6 atom stereocenters. The molecule has 11 nitrogen and oxygen atoms in total. The third kappa shape index (κ3) is 4.78. The molecule has 0 saturated carbocycles. The Bertz CT molecular complexity index is 1250. The van der Waals surface area contributed by atoms with Crippen LogP contribution in [0.25, 0.3) is 0 Å². The topological polar surface area (TPSA) is 160 Å². The van der Waals surface area contributed by atoms with E-state index in [2.05, 4.69) is 0 Å². The number of esters is 2. The molecule has 16 heteroatoms. The van der Waals surface area contributed by atoms with E-state index in [0.717, 1.165) is 23.0 Å². The van der Waals surface area contributed by atoms with E-state index >= 15 is 0 Å².